The van der Waals surface area contributed by atoms with E-state index in [2.05, 4.69) is 50.5 Å². The van der Waals surface area contributed by atoms with Crippen molar-refractivity contribution in [3.8, 4) is 0 Å². The van der Waals surface area contributed by atoms with E-state index in [9.17, 15) is 9.59 Å². The molecule has 1 aromatic carbocycles. The summed E-state index contributed by atoms with van der Waals surface area (Å²) < 4.78 is 0. The third-order valence-electron chi connectivity index (χ3n) is 5.14. The van der Waals surface area contributed by atoms with Crippen LogP contribution < -0.4 is 10.6 Å². The number of benzene rings is 1. The minimum absolute atomic E-state index is 0.0669. The fourth-order valence-corrected chi connectivity index (χ4v) is 3.26. The largest absolute Gasteiger partial charge is 0.353 e. The van der Waals surface area contributed by atoms with Crippen LogP contribution in [0.5, 0.6) is 0 Å². The molecule has 4 nitrogen and oxygen atoms in total. The van der Waals surface area contributed by atoms with Gasteiger partial charge in [-0.05, 0) is 30.2 Å². The Labute approximate surface area is 157 Å². The first-order valence-corrected chi connectivity index (χ1v) is 9.68. The van der Waals surface area contributed by atoms with Crippen LogP contribution in [0.4, 0.5) is 0 Å². The molecule has 142 valence electrons. The van der Waals surface area contributed by atoms with E-state index in [1.807, 2.05) is 30.3 Å². The molecule has 0 spiro atoms. The third-order valence-corrected chi connectivity index (χ3v) is 5.14. The number of hydrogen-bond acceptors (Lipinski definition) is 2. The minimum atomic E-state index is -0.464. The smallest absolute Gasteiger partial charge is 0.228 e. The maximum atomic E-state index is 13.0. The maximum Gasteiger partial charge on any atom is 0.228 e. The summed E-state index contributed by atoms with van der Waals surface area (Å²) in [6.45, 7) is 8.46. The van der Waals surface area contributed by atoms with Crippen molar-refractivity contribution in [2.24, 2.45) is 11.8 Å². The molecular formula is C22H32N2O2. The Morgan fingerprint density at radius 2 is 1.38 bits per heavy atom. The van der Waals surface area contributed by atoms with Crippen molar-refractivity contribution in [2.75, 3.05) is 0 Å². The molecule has 0 fully saturated rings. The van der Waals surface area contributed by atoms with E-state index in [1.54, 1.807) is 0 Å². The van der Waals surface area contributed by atoms with Gasteiger partial charge in [-0.3, -0.25) is 9.59 Å². The van der Waals surface area contributed by atoms with Crippen molar-refractivity contribution in [3.05, 3.63) is 48.0 Å². The average molecular weight is 357 g/mol. The summed E-state index contributed by atoms with van der Waals surface area (Å²) in [5, 5.41) is 6.29. The zero-order valence-corrected chi connectivity index (χ0v) is 16.4. The molecule has 1 aromatic rings. The Hall–Kier alpha value is -2.10. The number of amides is 2. The zero-order chi connectivity index (χ0) is 19.1. The number of nitrogens with one attached hydrogen (secondary N) is 2. The van der Waals surface area contributed by atoms with E-state index in [1.165, 1.54) is 0 Å². The van der Waals surface area contributed by atoms with Crippen molar-refractivity contribution >= 4 is 11.8 Å². The normalized spacial score (nSPS) is 26.6. The van der Waals surface area contributed by atoms with E-state index in [-0.39, 0.29) is 30.3 Å². The second kappa shape index (κ2) is 9.56. The summed E-state index contributed by atoms with van der Waals surface area (Å²) in [4.78, 5) is 25.6. The Balaban J connectivity index is 2.31. The van der Waals surface area contributed by atoms with Gasteiger partial charge in [0.1, 0.15) is 0 Å². The molecule has 3 atom stereocenters. The number of carbonyl (C=O) groups is 2. The van der Waals surface area contributed by atoms with Gasteiger partial charge in [-0.25, -0.2) is 0 Å². The molecule has 0 bridgehead atoms. The molecular weight excluding hydrogens is 324 g/mol. The van der Waals surface area contributed by atoms with Crippen molar-refractivity contribution in [1.29, 1.82) is 0 Å². The van der Waals surface area contributed by atoms with Crippen LogP contribution in [-0.2, 0) is 9.59 Å². The second-order valence-corrected chi connectivity index (χ2v) is 7.89. The molecule has 4 heteroatoms. The molecule has 0 saturated carbocycles. The first-order valence-electron chi connectivity index (χ1n) is 9.68. The quantitative estimate of drug-likeness (QED) is 0.810. The summed E-state index contributed by atoms with van der Waals surface area (Å²) in [6, 6.07) is 9.77. The van der Waals surface area contributed by atoms with Gasteiger partial charge < -0.3 is 10.6 Å². The molecule has 1 aliphatic heterocycles. The summed E-state index contributed by atoms with van der Waals surface area (Å²) in [5.74, 6) is 0.0747. The lowest BCUT2D eigenvalue weighted by Crippen LogP contribution is -2.44. The van der Waals surface area contributed by atoms with Crippen LogP contribution in [0.1, 0.15) is 58.4 Å². The Kier molecular flexibility index (Phi) is 7.43. The molecule has 0 saturated heterocycles. The molecule has 0 radical (unpaired) electrons. The Bertz CT molecular complexity index is 622. The van der Waals surface area contributed by atoms with Gasteiger partial charge in [0.15, 0.2) is 0 Å². The highest BCUT2D eigenvalue weighted by atomic mass is 16.2. The molecule has 0 aromatic heterocycles. The van der Waals surface area contributed by atoms with E-state index in [0.717, 1.165) is 18.4 Å². The molecule has 0 unspecified atom stereocenters. The van der Waals surface area contributed by atoms with Crippen molar-refractivity contribution in [3.63, 3.8) is 0 Å². The summed E-state index contributed by atoms with van der Waals surface area (Å²) >= 11 is 0. The highest BCUT2D eigenvalue weighted by Crippen LogP contribution is 2.22. The molecule has 1 heterocycles. The van der Waals surface area contributed by atoms with E-state index < -0.39 is 5.92 Å². The van der Waals surface area contributed by atoms with E-state index >= 15 is 0 Å². The highest BCUT2D eigenvalue weighted by molar-refractivity contribution is 5.90. The lowest BCUT2D eigenvalue weighted by atomic mass is 9.91. The van der Waals surface area contributed by atoms with Gasteiger partial charge in [-0.15, -0.1) is 0 Å². The van der Waals surface area contributed by atoms with Crippen LogP contribution in [0.25, 0.3) is 0 Å². The molecule has 2 amide bonds. The van der Waals surface area contributed by atoms with Crippen LogP contribution in [0.2, 0.25) is 0 Å². The maximum absolute atomic E-state index is 13.0. The Morgan fingerprint density at radius 3 is 1.92 bits per heavy atom. The molecule has 1 aliphatic rings. The van der Waals surface area contributed by atoms with Crippen LogP contribution in [-0.4, -0.2) is 23.9 Å². The Morgan fingerprint density at radius 1 is 0.846 bits per heavy atom. The third kappa shape index (κ3) is 5.72. The zero-order valence-electron chi connectivity index (χ0n) is 16.4. The fourth-order valence-electron chi connectivity index (χ4n) is 3.26. The van der Waals surface area contributed by atoms with Gasteiger partial charge in [0, 0.05) is 18.5 Å². The van der Waals surface area contributed by atoms with Crippen molar-refractivity contribution < 1.29 is 9.59 Å². The monoisotopic (exact) mass is 356 g/mol. The number of hydrogen-bond donors (Lipinski definition) is 2. The molecule has 2 N–H and O–H groups in total. The predicted molar refractivity (Wildman–Crippen MR) is 106 cm³/mol. The SMILES string of the molecule is CC(C)[C@@H]1C/C=C\C[C@H](C(C)C)NC(=O)[C@H](c2ccccc2)CC(=O)N1. The topological polar surface area (TPSA) is 58.2 Å². The van der Waals surface area contributed by atoms with Crippen molar-refractivity contribution in [1.82, 2.24) is 10.6 Å². The van der Waals surface area contributed by atoms with Crippen LogP contribution in [0.3, 0.4) is 0 Å². The standard InChI is InChI=1S/C22H32N2O2/c1-15(2)19-12-8-9-13-20(16(3)4)24-22(26)18(14-21(25)23-19)17-10-6-5-7-11-17/h5-11,15-16,18-20H,12-14H2,1-4H3,(H,23,25)(H,24,26)/b9-8-/t18-,19-,20+/m0/s1. The second-order valence-electron chi connectivity index (χ2n) is 7.89. The van der Waals surface area contributed by atoms with Crippen LogP contribution in [0.15, 0.2) is 42.5 Å². The first-order chi connectivity index (χ1) is 12.4. The minimum Gasteiger partial charge on any atom is -0.353 e. The van der Waals surface area contributed by atoms with E-state index in [0.29, 0.717) is 11.8 Å². The van der Waals surface area contributed by atoms with Gasteiger partial charge in [-0.2, -0.15) is 0 Å². The van der Waals surface area contributed by atoms with Crippen molar-refractivity contribution in [2.45, 2.75) is 65.0 Å². The lowest BCUT2D eigenvalue weighted by Gasteiger charge is -2.27. The molecule has 2 rings (SSSR count). The summed E-state index contributed by atoms with van der Waals surface area (Å²) in [6.07, 6.45) is 6.06. The van der Waals surface area contributed by atoms with Gasteiger partial charge in [0.05, 0.1) is 5.92 Å². The van der Waals surface area contributed by atoms with Crippen LogP contribution >= 0.6 is 0 Å². The van der Waals surface area contributed by atoms with Gasteiger partial charge in [0.2, 0.25) is 11.8 Å². The first kappa shape index (κ1) is 20.2. The van der Waals surface area contributed by atoms with E-state index in [4.69, 9.17) is 0 Å². The lowest BCUT2D eigenvalue weighted by molar-refractivity contribution is -0.129. The highest BCUT2D eigenvalue weighted by Gasteiger charge is 2.28. The van der Waals surface area contributed by atoms with Crippen LogP contribution in [0, 0.1) is 11.8 Å². The van der Waals surface area contributed by atoms with Gasteiger partial charge in [-0.1, -0.05) is 70.2 Å². The number of carbonyl (C=O) groups excluding carboxylic acids is 2. The summed E-state index contributed by atoms with van der Waals surface area (Å²) in [7, 11) is 0. The summed E-state index contributed by atoms with van der Waals surface area (Å²) in [5.41, 5.74) is 0.886. The fraction of sp³-hybridized carbons (Fsp3) is 0.545. The van der Waals surface area contributed by atoms with Gasteiger partial charge >= 0.3 is 0 Å². The number of rotatable bonds is 3. The predicted octanol–water partition coefficient (Wildman–Crippen LogP) is 3.79. The average Bonchev–Trinajstić information content (AvgIpc) is 2.60. The molecule has 26 heavy (non-hydrogen) atoms. The molecule has 0 aliphatic carbocycles. The van der Waals surface area contributed by atoms with Gasteiger partial charge in [0.25, 0.3) is 0 Å².